The van der Waals surface area contributed by atoms with E-state index in [2.05, 4.69) is 10.6 Å². The van der Waals surface area contributed by atoms with Crippen molar-refractivity contribution in [1.29, 1.82) is 0 Å². The minimum Gasteiger partial charge on any atom is -0.467 e. The molecule has 1 unspecified atom stereocenters. The highest BCUT2D eigenvalue weighted by Crippen LogP contribution is 2.07. The number of amides is 2. The SMILES string of the molecule is COC(=O)[C@H](CCCCN)NC(=O)C(CCCCN)NC(=O)[C@@H](N)CCCCN. The largest absolute Gasteiger partial charge is 0.467 e. The molecule has 0 saturated heterocycles. The zero-order chi connectivity index (χ0) is 22.1. The van der Waals surface area contributed by atoms with Crippen molar-refractivity contribution in [3.63, 3.8) is 0 Å². The average molecular weight is 417 g/mol. The van der Waals surface area contributed by atoms with Crippen molar-refractivity contribution in [2.45, 2.75) is 75.9 Å². The molecule has 0 heterocycles. The Hall–Kier alpha value is -1.75. The van der Waals surface area contributed by atoms with Gasteiger partial charge in [-0.3, -0.25) is 9.59 Å². The van der Waals surface area contributed by atoms with Crippen LogP contribution >= 0.6 is 0 Å². The van der Waals surface area contributed by atoms with Gasteiger partial charge in [0.05, 0.1) is 13.2 Å². The van der Waals surface area contributed by atoms with E-state index in [4.69, 9.17) is 27.7 Å². The molecule has 3 atom stereocenters. The van der Waals surface area contributed by atoms with E-state index in [0.717, 1.165) is 25.7 Å². The maximum atomic E-state index is 12.8. The summed E-state index contributed by atoms with van der Waals surface area (Å²) in [6.45, 7) is 1.53. The molecule has 10 N–H and O–H groups in total. The molecule has 0 aromatic heterocycles. The van der Waals surface area contributed by atoms with Crippen LogP contribution in [-0.4, -0.2) is 62.7 Å². The third-order valence-electron chi connectivity index (χ3n) is 4.64. The number of carbonyl (C=O) groups excluding carboxylic acids is 3. The van der Waals surface area contributed by atoms with Gasteiger partial charge in [-0.15, -0.1) is 0 Å². The first-order valence-corrected chi connectivity index (χ1v) is 10.5. The van der Waals surface area contributed by atoms with E-state index in [1.165, 1.54) is 7.11 Å². The van der Waals surface area contributed by atoms with E-state index in [-0.39, 0.29) is 0 Å². The Morgan fingerprint density at radius 3 is 1.66 bits per heavy atom. The third kappa shape index (κ3) is 12.4. The summed E-state index contributed by atoms with van der Waals surface area (Å²) in [5.74, 6) is -1.36. The average Bonchev–Trinajstić information content (AvgIpc) is 2.71. The summed E-state index contributed by atoms with van der Waals surface area (Å²) >= 11 is 0. The van der Waals surface area contributed by atoms with Crippen molar-refractivity contribution in [1.82, 2.24) is 10.6 Å². The fourth-order valence-corrected chi connectivity index (χ4v) is 2.84. The quantitative estimate of drug-likeness (QED) is 0.126. The van der Waals surface area contributed by atoms with Crippen molar-refractivity contribution in [2.24, 2.45) is 22.9 Å². The van der Waals surface area contributed by atoms with Crippen molar-refractivity contribution in [3.05, 3.63) is 0 Å². The van der Waals surface area contributed by atoms with Gasteiger partial charge >= 0.3 is 5.97 Å². The van der Waals surface area contributed by atoms with Crippen LogP contribution in [0.2, 0.25) is 0 Å². The molecule has 0 fully saturated rings. The van der Waals surface area contributed by atoms with Crippen molar-refractivity contribution < 1.29 is 19.1 Å². The first-order valence-electron chi connectivity index (χ1n) is 10.5. The monoisotopic (exact) mass is 416 g/mol. The molecule has 10 nitrogen and oxygen atoms in total. The summed E-state index contributed by atoms with van der Waals surface area (Å²) in [5.41, 5.74) is 22.4. The molecule has 0 radical (unpaired) electrons. The Balaban J connectivity index is 4.97. The maximum Gasteiger partial charge on any atom is 0.328 e. The highest BCUT2D eigenvalue weighted by atomic mass is 16.5. The second kappa shape index (κ2) is 17.1. The molecule has 0 aliphatic rings. The molecule has 0 aliphatic carbocycles. The lowest BCUT2D eigenvalue weighted by molar-refractivity contribution is -0.145. The predicted molar refractivity (Wildman–Crippen MR) is 113 cm³/mol. The number of nitrogens with two attached hydrogens (primary N) is 4. The normalized spacial score (nSPS) is 14.0. The van der Waals surface area contributed by atoms with Crippen LogP contribution in [0.25, 0.3) is 0 Å². The van der Waals surface area contributed by atoms with Gasteiger partial charge in [-0.25, -0.2) is 4.79 Å². The van der Waals surface area contributed by atoms with E-state index in [0.29, 0.717) is 51.7 Å². The van der Waals surface area contributed by atoms with Gasteiger partial charge in [0.15, 0.2) is 0 Å². The third-order valence-corrected chi connectivity index (χ3v) is 4.64. The van der Waals surface area contributed by atoms with Gasteiger partial charge in [0.25, 0.3) is 0 Å². The molecule has 10 heteroatoms. The van der Waals surface area contributed by atoms with Gasteiger partial charge < -0.3 is 38.3 Å². The number of methoxy groups -OCH3 is 1. The van der Waals surface area contributed by atoms with Crippen LogP contribution in [-0.2, 0) is 19.1 Å². The molecule has 0 bridgehead atoms. The van der Waals surface area contributed by atoms with Gasteiger partial charge in [-0.2, -0.15) is 0 Å². The lowest BCUT2D eigenvalue weighted by atomic mass is 10.0. The molecular weight excluding hydrogens is 376 g/mol. The van der Waals surface area contributed by atoms with E-state index >= 15 is 0 Å². The summed E-state index contributed by atoms with van der Waals surface area (Å²) in [5, 5.41) is 5.40. The van der Waals surface area contributed by atoms with Crippen LogP contribution in [0.1, 0.15) is 57.8 Å². The first kappa shape index (κ1) is 27.2. The zero-order valence-corrected chi connectivity index (χ0v) is 17.7. The number of carbonyl (C=O) groups is 3. The summed E-state index contributed by atoms with van der Waals surface area (Å²) in [6, 6.07) is -2.30. The zero-order valence-electron chi connectivity index (χ0n) is 17.7. The van der Waals surface area contributed by atoms with E-state index in [1.807, 2.05) is 0 Å². The summed E-state index contributed by atoms with van der Waals surface area (Å²) < 4.78 is 4.78. The van der Waals surface area contributed by atoms with Crippen molar-refractivity contribution in [2.75, 3.05) is 26.7 Å². The second-order valence-electron chi connectivity index (χ2n) is 7.11. The molecule has 0 aromatic rings. The Bertz CT molecular complexity index is 478. The van der Waals surface area contributed by atoms with E-state index in [1.54, 1.807) is 0 Å². The van der Waals surface area contributed by atoms with Crippen molar-refractivity contribution in [3.8, 4) is 0 Å². The van der Waals surface area contributed by atoms with E-state index in [9.17, 15) is 14.4 Å². The standard InChI is InChI=1S/C19H40N6O4/c1-29-19(28)16(10-4-7-13-22)25-18(27)15(9-3-6-12-21)24-17(26)14(23)8-2-5-11-20/h14-16H,2-13,20-23H2,1H3,(H,24,26)(H,25,27)/t14-,15?,16-/m0/s1. The van der Waals surface area contributed by atoms with Crippen LogP contribution in [0.4, 0.5) is 0 Å². The maximum absolute atomic E-state index is 12.8. The van der Waals surface area contributed by atoms with Gasteiger partial charge in [0.2, 0.25) is 11.8 Å². The predicted octanol–water partition coefficient (Wildman–Crippen LogP) is -1.16. The van der Waals surface area contributed by atoms with Gasteiger partial charge in [0, 0.05) is 0 Å². The number of unbranched alkanes of at least 4 members (excludes halogenated alkanes) is 3. The van der Waals surface area contributed by atoms with Crippen LogP contribution in [0.5, 0.6) is 0 Å². The van der Waals surface area contributed by atoms with Gasteiger partial charge in [0.1, 0.15) is 12.1 Å². The first-order chi connectivity index (χ1) is 13.9. The number of ether oxygens (including phenoxy) is 1. The topological polar surface area (TPSA) is 189 Å². The molecule has 170 valence electrons. The molecule has 0 aromatic carbocycles. The van der Waals surface area contributed by atoms with Gasteiger partial charge in [-0.05, 0) is 71.0 Å². The fourth-order valence-electron chi connectivity index (χ4n) is 2.84. The highest BCUT2D eigenvalue weighted by molar-refractivity contribution is 5.91. The number of nitrogens with one attached hydrogen (secondary N) is 2. The summed E-state index contributed by atoms with van der Waals surface area (Å²) in [6.07, 6.45) is 5.62. The Morgan fingerprint density at radius 1 is 0.724 bits per heavy atom. The van der Waals surface area contributed by atoms with Gasteiger partial charge in [-0.1, -0.05) is 6.42 Å². The lowest BCUT2D eigenvalue weighted by Crippen LogP contribution is -2.54. The highest BCUT2D eigenvalue weighted by Gasteiger charge is 2.28. The molecular formula is C19H40N6O4. The van der Waals surface area contributed by atoms with E-state index < -0.39 is 35.9 Å². The Morgan fingerprint density at radius 2 is 1.17 bits per heavy atom. The Kier molecular flexibility index (Phi) is 16.1. The summed E-state index contributed by atoms with van der Waals surface area (Å²) in [4.78, 5) is 37.2. The number of hydrogen-bond acceptors (Lipinski definition) is 8. The smallest absolute Gasteiger partial charge is 0.328 e. The second-order valence-corrected chi connectivity index (χ2v) is 7.11. The number of esters is 1. The summed E-state index contributed by atoms with van der Waals surface area (Å²) in [7, 11) is 1.27. The molecule has 0 spiro atoms. The molecule has 0 rings (SSSR count). The fraction of sp³-hybridized carbons (Fsp3) is 0.842. The molecule has 0 aliphatic heterocycles. The number of hydrogen-bond donors (Lipinski definition) is 6. The molecule has 29 heavy (non-hydrogen) atoms. The minimum absolute atomic E-state index is 0.396. The van der Waals surface area contributed by atoms with Crippen molar-refractivity contribution >= 4 is 17.8 Å². The van der Waals surface area contributed by atoms with Crippen LogP contribution in [0.15, 0.2) is 0 Å². The Labute approximate surface area is 173 Å². The van der Waals surface area contributed by atoms with Crippen LogP contribution in [0, 0.1) is 0 Å². The van der Waals surface area contributed by atoms with Crippen LogP contribution < -0.4 is 33.6 Å². The lowest BCUT2D eigenvalue weighted by Gasteiger charge is -2.23. The number of rotatable bonds is 17. The van der Waals surface area contributed by atoms with Crippen LogP contribution in [0.3, 0.4) is 0 Å². The minimum atomic E-state index is -0.795. The molecule has 0 saturated carbocycles. The molecule has 2 amide bonds.